The number of anilines is 2. The van der Waals surface area contributed by atoms with Crippen molar-refractivity contribution < 1.29 is 28.7 Å². The van der Waals surface area contributed by atoms with Gasteiger partial charge in [-0.15, -0.1) is 0 Å². The van der Waals surface area contributed by atoms with E-state index in [1.165, 1.54) is 31.4 Å². The Morgan fingerprint density at radius 1 is 0.900 bits per heavy atom. The minimum absolute atomic E-state index is 0.00404. The third-order valence-electron chi connectivity index (χ3n) is 3.85. The second kappa shape index (κ2) is 11.6. The third-order valence-corrected chi connectivity index (χ3v) is 4.08. The van der Waals surface area contributed by atoms with E-state index in [1.807, 2.05) is 0 Å². The lowest BCUT2D eigenvalue weighted by Gasteiger charge is -2.08. The van der Waals surface area contributed by atoms with Gasteiger partial charge in [0.25, 0.3) is 5.91 Å². The summed E-state index contributed by atoms with van der Waals surface area (Å²) in [5, 5.41) is 5.73. The lowest BCUT2D eigenvalue weighted by molar-refractivity contribution is -0.147. The first kappa shape index (κ1) is 22.9. The van der Waals surface area contributed by atoms with Crippen LogP contribution in [0.25, 0.3) is 0 Å². The van der Waals surface area contributed by atoms with Crippen molar-refractivity contribution in [3.05, 3.63) is 59.1 Å². The number of amides is 2. The minimum atomic E-state index is -0.582. The number of hydrogen-bond donors (Lipinski definition) is 2. The fourth-order valence-corrected chi connectivity index (χ4v) is 2.60. The second-order valence-corrected chi connectivity index (χ2v) is 6.63. The highest BCUT2D eigenvalue weighted by Gasteiger charge is 2.11. The van der Waals surface area contributed by atoms with Crippen molar-refractivity contribution in [1.82, 2.24) is 0 Å². The van der Waals surface area contributed by atoms with Crippen LogP contribution < -0.4 is 10.6 Å². The number of rotatable bonds is 9. The molecule has 2 aromatic rings. The van der Waals surface area contributed by atoms with Gasteiger partial charge < -0.3 is 20.1 Å². The Kier molecular flexibility index (Phi) is 8.83. The number of ether oxygens (including phenoxy) is 2. The number of carbonyl (C=O) groups excluding carboxylic acids is 4. The molecule has 0 saturated carbocycles. The Bertz CT molecular complexity index is 914. The minimum Gasteiger partial charge on any atom is -0.465 e. The van der Waals surface area contributed by atoms with Gasteiger partial charge in [0.15, 0.2) is 6.61 Å². The summed E-state index contributed by atoms with van der Waals surface area (Å²) in [6.07, 6.45) is 0.409. The number of methoxy groups -OCH3 is 1. The van der Waals surface area contributed by atoms with Crippen LogP contribution in [-0.4, -0.2) is 37.5 Å². The van der Waals surface area contributed by atoms with Crippen molar-refractivity contribution in [3.63, 3.8) is 0 Å². The fraction of sp³-hybridized carbons (Fsp3) is 0.238. The summed E-state index contributed by atoms with van der Waals surface area (Å²) in [4.78, 5) is 46.8. The van der Waals surface area contributed by atoms with Crippen molar-refractivity contribution in [2.24, 2.45) is 0 Å². The molecule has 158 valence electrons. The largest absolute Gasteiger partial charge is 0.465 e. The molecule has 8 nitrogen and oxygen atoms in total. The van der Waals surface area contributed by atoms with E-state index < -0.39 is 24.5 Å². The fourth-order valence-electron chi connectivity index (χ4n) is 2.41. The Hall–Kier alpha value is -3.39. The summed E-state index contributed by atoms with van der Waals surface area (Å²) in [6, 6.07) is 12.8. The van der Waals surface area contributed by atoms with Crippen LogP contribution in [0.3, 0.4) is 0 Å². The van der Waals surface area contributed by atoms with E-state index in [4.69, 9.17) is 16.3 Å². The molecule has 0 aromatic heterocycles. The van der Waals surface area contributed by atoms with Gasteiger partial charge in [0.1, 0.15) is 0 Å². The van der Waals surface area contributed by atoms with Gasteiger partial charge in [0.2, 0.25) is 5.91 Å². The number of nitrogens with one attached hydrogen (secondary N) is 2. The van der Waals surface area contributed by atoms with Crippen LogP contribution in [0.15, 0.2) is 48.5 Å². The summed E-state index contributed by atoms with van der Waals surface area (Å²) in [5.74, 6) is -1.84. The van der Waals surface area contributed by atoms with Gasteiger partial charge in [0, 0.05) is 29.2 Å². The number of hydrogen-bond acceptors (Lipinski definition) is 6. The molecule has 0 aliphatic rings. The van der Waals surface area contributed by atoms with E-state index in [0.29, 0.717) is 22.0 Å². The van der Waals surface area contributed by atoms with E-state index in [9.17, 15) is 19.2 Å². The zero-order valence-electron chi connectivity index (χ0n) is 16.3. The quantitative estimate of drug-likeness (QED) is 0.587. The average molecular weight is 433 g/mol. The summed E-state index contributed by atoms with van der Waals surface area (Å²) in [7, 11) is 1.28. The zero-order valence-corrected chi connectivity index (χ0v) is 17.0. The van der Waals surface area contributed by atoms with Crippen LogP contribution in [0, 0.1) is 0 Å². The van der Waals surface area contributed by atoms with Crippen molar-refractivity contribution in [3.8, 4) is 0 Å². The predicted molar refractivity (Wildman–Crippen MR) is 111 cm³/mol. The zero-order chi connectivity index (χ0) is 21.9. The molecular weight excluding hydrogens is 412 g/mol. The Morgan fingerprint density at radius 3 is 2.27 bits per heavy atom. The first-order valence-electron chi connectivity index (χ1n) is 9.06. The molecule has 0 unspecified atom stereocenters. The van der Waals surface area contributed by atoms with E-state index >= 15 is 0 Å². The van der Waals surface area contributed by atoms with E-state index in [1.54, 1.807) is 24.3 Å². The summed E-state index contributed by atoms with van der Waals surface area (Å²) in [6.45, 7) is -0.452. The molecule has 9 heteroatoms. The van der Waals surface area contributed by atoms with Gasteiger partial charge in [-0.2, -0.15) is 0 Å². The number of carbonyl (C=O) groups is 4. The molecule has 0 saturated heterocycles. The normalized spacial score (nSPS) is 10.1. The van der Waals surface area contributed by atoms with Gasteiger partial charge in [-0.3, -0.25) is 14.4 Å². The molecule has 0 aliphatic heterocycles. The van der Waals surface area contributed by atoms with E-state index in [-0.39, 0.29) is 25.2 Å². The molecule has 2 rings (SSSR count). The lowest BCUT2D eigenvalue weighted by atomic mass is 10.2. The average Bonchev–Trinajstić information content (AvgIpc) is 2.72. The maximum atomic E-state index is 11.9. The Labute approximate surface area is 178 Å². The van der Waals surface area contributed by atoms with Gasteiger partial charge in [-0.1, -0.05) is 17.7 Å². The van der Waals surface area contributed by atoms with Gasteiger partial charge in [-0.25, -0.2) is 4.79 Å². The predicted octanol–water partition coefficient (Wildman–Crippen LogP) is 3.42. The highest BCUT2D eigenvalue weighted by molar-refractivity contribution is 6.30. The summed E-state index contributed by atoms with van der Waals surface area (Å²) < 4.78 is 9.49. The van der Waals surface area contributed by atoms with Crippen LogP contribution in [0.1, 0.15) is 29.6 Å². The molecule has 2 N–H and O–H groups in total. The summed E-state index contributed by atoms with van der Waals surface area (Å²) in [5.41, 5.74) is 1.37. The standard InChI is InChI=1S/C21H21ClN2O6/c1-29-21(28)14-8-10-16(11-9-14)23-19(26)13-30-20(27)7-3-6-18(25)24-17-5-2-4-15(22)12-17/h2,4-5,8-12H,3,6-7,13H2,1H3,(H,23,26)(H,24,25). The van der Waals surface area contributed by atoms with E-state index in [0.717, 1.165) is 0 Å². The molecule has 0 radical (unpaired) electrons. The molecule has 0 heterocycles. The monoisotopic (exact) mass is 432 g/mol. The van der Waals surface area contributed by atoms with Crippen LogP contribution in [0.2, 0.25) is 5.02 Å². The molecule has 2 amide bonds. The number of benzene rings is 2. The number of esters is 2. The van der Waals surface area contributed by atoms with Crippen molar-refractivity contribution >= 4 is 46.7 Å². The highest BCUT2D eigenvalue weighted by Crippen LogP contribution is 2.15. The van der Waals surface area contributed by atoms with Crippen molar-refractivity contribution in [2.45, 2.75) is 19.3 Å². The SMILES string of the molecule is COC(=O)c1ccc(NC(=O)COC(=O)CCCC(=O)Nc2cccc(Cl)c2)cc1. The third kappa shape index (κ3) is 7.92. The Balaban J connectivity index is 1.64. The maximum Gasteiger partial charge on any atom is 0.337 e. The van der Waals surface area contributed by atoms with Gasteiger partial charge >= 0.3 is 11.9 Å². The smallest absolute Gasteiger partial charge is 0.337 e. The molecule has 0 fully saturated rings. The summed E-state index contributed by atoms with van der Waals surface area (Å²) >= 11 is 5.85. The van der Waals surface area contributed by atoms with Crippen LogP contribution in [0.4, 0.5) is 11.4 Å². The number of halogens is 1. The van der Waals surface area contributed by atoms with Crippen molar-refractivity contribution in [1.29, 1.82) is 0 Å². The first-order chi connectivity index (χ1) is 14.4. The highest BCUT2D eigenvalue weighted by atomic mass is 35.5. The van der Waals surface area contributed by atoms with Gasteiger partial charge in [-0.05, 0) is 48.9 Å². The van der Waals surface area contributed by atoms with E-state index in [2.05, 4.69) is 15.4 Å². The molecule has 30 heavy (non-hydrogen) atoms. The molecule has 0 spiro atoms. The molecule has 0 aliphatic carbocycles. The molecule has 0 bridgehead atoms. The molecular formula is C21H21ClN2O6. The molecule has 2 aromatic carbocycles. The van der Waals surface area contributed by atoms with Gasteiger partial charge in [0.05, 0.1) is 12.7 Å². The van der Waals surface area contributed by atoms with Crippen molar-refractivity contribution in [2.75, 3.05) is 24.4 Å². The van der Waals surface area contributed by atoms with Crippen LogP contribution in [-0.2, 0) is 23.9 Å². The lowest BCUT2D eigenvalue weighted by Crippen LogP contribution is -2.21. The van der Waals surface area contributed by atoms with Crippen LogP contribution >= 0.6 is 11.6 Å². The topological polar surface area (TPSA) is 111 Å². The Morgan fingerprint density at radius 2 is 1.60 bits per heavy atom. The van der Waals surface area contributed by atoms with Crippen LogP contribution in [0.5, 0.6) is 0 Å². The second-order valence-electron chi connectivity index (χ2n) is 6.19. The maximum absolute atomic E-state index is 11.9. The first-order valence-corrected chi connectivity index (χ1v) is 9.44. The molecule has 0 atom stereocenters.